The molecule has 1 fully saturated rings. The van der Waals surface area contributed by atoms with Crippen molar-refractivity contribution in [1.29, 1.82) is 0 Å². The molecule has 1 N–H and O–H groups in total. The van der Waals surface area contributed by atoms with E-state index in [0.717, 1.165) is 24.9 Å². The third-order valence-corrected chi connectivity index (χ3v) is 4.46. The van der Waals surface area contributed by atoms with Gasteiger partial charge in [-0.2, -0.15) is 0 Å². The summed E-state index contributed by atoms with van der Waals surface area (Å²) in [5, 5.41) is 9.21. The summed E-state index contributed by atoms with van der Waals surface area (Å²) >= 11 is 0. The van der Waals surface area contributed by atoms with E-state index in [9.17, 15) is 14.7 Å². The highest BCUT2D eigenvalue weighted by atomic mass is 16.6. The van der Waals surface area contributed by atoms with E-state index in [4.69, 9.17) is 4.74 Å². The number of ether oxygens (including phenoxy) is 1. The number of aromatic carboxylic acids is 1. The van der Waals surface area contributed by atoms with Gasteiger partial charge in [0.2, 0.25) is 0 Å². The lowest BCUT2D eigenvalue weighted by molar-refractivity contribution is 0.0129. The molecule has 1 atom stereocenters. The number of nitrogens with zero attached hydrogens (tertiary/aromatic N) is 2. The lowest BCUT2D eigenvalue weighted by Gasteiger charge is -2.42. The number of piperazine rings is 1. The van der Waals surface area contributed by atoms with Gasteiger partial charge < -0.3 is 19.6 Å². The first-order valence-corrected chi connectivity index (χ1v) is 9.29. The van der Waals surface area contributed by atoms with E-state index < -0.39 is 11.6 Å². The molecular weight excluding hydrogens is 332 g/mol. The average molecular weight is 362 g/mol. The van der Waals surface area contributed by atoms with Crippen LogP contribution >= 0.6 is 0 Å². The molecule has 0 unspecified atom stereocenters. The summed E-state index contributed by atoms with van der Waals surface area (Å²) < 4.78 is 5.57. The standard InChI is InChI=1S/C20H30N2O4/c1-5-6-9-17-14-21(16-10-7-8-15(13-16)18(23)24)11-12-22(17)19(25)26-20(2,3)4/h7-8,10,13,17H,5-6,9,11-12,14H2,1-4H3,(H,23,24)/t17-/m1/s1. The van der Waals surface area contributed by atoms with Crippen LogP contribution in [0.3, 0.4) is 0 Å². The number of hydrogen-bond donors (Lipinski definition) is 1. The third-order valence-electron chi connectivity index (χ3n) is 4.46. The minimum atomic E-state index is -0.929. The summed E-state index contributed by atoms with van der Waals surface area (Å²) in [5.41, 5.74) is 0.650. The molecule has 1 aromatic carbocycles. The third kappa shape index (κ3) is 5.38. The van der Waals surface area contributed by atoms with Crippen molar-refractivity contribution in [2.24, 2.45) is 0 Å². The number of carbonyl (C=O) groups is 2. The Hall–Kier alpha value is -2.24. The largest absolute Gasteiger partial charge is 0.478 e. The van der Waals surface area contributed by atoms with Crippen LogP contribution in [-0.4, -0.2) is 53.3 Å². The normalized spacial score (nSPS) is 17.9. The van der Waals surface area contributed by atoms with E-state index >= 15 is 0 Å². The Morgan fingerprint density at radius 2 is 2.00 bits per heavy atom. The highest BCUT2D eigenvalue weighted by molar-refractivity contribution is 5.88. The van der Waals surface area contributed by atoms with Crippen molar-refractivity contribution in [2.75, 3.05) is 24.5 Å². The molecule has 1 aromatic rings. The number of unbranched alkanes of at least 4 members (excludes halogenated alkanes) is 1. The average Bonchev–Trinajstić information content (AvgIpc) is 2.58. The van der Waals surface area contributed by atoms with Crippen LogP contribution in [0.4, 0.5) is 10.5 Å². The summed E-state index contributed by atoms with van der Waals surface area (Å²) in [4.78, 5) is 27.8. The van der Waals surface area contributed by atoms with Crippen molar-refractivity contribution >= 4 is 17.7 Å². The number of carbonyl (C=O) groups excluding carboxylic acids is 1. The molecule has 0 aromatic heterocycles. The molecular formula is C20H30N2O4. The predicted octanol–water partition coefficient (Wildman–Crippen LogP) is 4.00. The number of anilines is 1. The lowest BCUT2D eigenvalue weighted by atomic mass is 10.0. The molecule has 0 bridgehead atoms. The molecule has 6 nitrogen and oxygen atoms in total. The number of amides is 1. The van der Waals surface area contributed by atoms with Crippen LogP contribution in [0, 0.1) is 0 Å². The first-order chi connectivity index (χ1) is 12.2. The highest BCUT2D eigenvalue weighted by Gasteiger charge is 2.33. The molecule has 26 heavy (non-hydrogen) atoms. The second-order valence-electron chi connectivity index (χ2n) is 7.77. The fourth-order valence-electron chi connectivity index (χ4n) is 3.17. The van der Waals surface area contributed by atoms with Gasteiger partial charge in [0.05, 0.1) is 11.6 Å². The Bertz CT molecular complexity index is 639. The Labute approximate surface area is 155 Å². The second kappa shape index (κ2) is 8.43. The van der Waals surface area contributed by atoms with Crippen molar-refractivity contribution in [3.8, 4) is 0 Å². The molecule has 1 heterocycles. The zero-order valence-corrected chi connectivity index (χ0v) is 16.2. The predicted molar refractivity (Wildman–Crippen MR) is 102 cm³/mol. The van der Waals surface area contributed by atoms with Gasteiger partial charge in [-0.1, -0.05) is 25.8 Å². The van der Waals surface area contributed by atoms with Gasteiger partial charge >= 0.3 is 12.1 Å². The minimum absolute atomic E-state index is 0.0621. The number of carboxylic acids is 1. The Morgan fingerprint density at radius 1 is 1.27 bits per heavy atom. The van der Waals surface area contributed by atoms with Crippen LogP contribution < -0.4 is 4.90 Å². The minimum Gasteiger partial charge on any atom is -0.478 e. The number of benzene rings is 1. The van der Waals surface area contributed by atoms with Crippen molar-refractivity contribution in [1.82, 2.24) is 4.90 Å². The molecule has 144 valence electrons. The van der Waals surface area contributed by atoms with Crippen LogP contribution in [0.5, 0.6) is 0 Å². The van der Waals surface area contributed by atoms with Crippen molar-refractivity contribution in [2.45, 2.75) is 58.6 Å². The first-order valence-electron chi connectivity index (χ1n) is 9.29. The lowest BCUT2D eigenvalue weighted by Crippen LogP contribution is -2.56. The maximum Gasteiger partial charge on any atom is 0.410 e. The van der Waals surface area contributed by atoms with Gasteiger partial charge in [0.1, 0.15) is 5.60 Å². The number of hydrogen-bond acceptors (Lipinski definition) is 4. The van der Waals surface area contributed by atoms with Gasteiger partial charge in [-0.25, -0.2) is 9.59 Å². The summed E-state index contributed by atoms with van der Waals surface area (Å²) in [5.74, 6) is -0.929. The quantitative estimate of drug-likeness (QED) is 0.857. The van der Waals surface area contributed by atoms with Gasteiger partial charge in [-0.15, -0.1) is 0 Å². The Balaban J connectivity index is 2.15. The maximum atomic E-state index is 12.6. The van der Waals surface area contributed by atoms with Crippen LogP contribution in [0.2, 0.25) is 0 Å². The number of rotatable bonds is 5. The van der Waals surface area contributed by atoms with E-state index in [1.54, 1.807) is 18.2 Å². The molecule has 1 saturated heterocycles. The van der Waals surface area contributed by atoms with Crippen molar-refractivity contribution in [3.63, 3.8) is 0 Å². The summed E-state index contributed by atoms with van der Waals surface area (Å²) in [6.45, 7) is 9.67. The van der Waals surface area contributed by atoms with Gasteiger partial charge in [0, 0.05) is 25.3 Å². The fraction of sp³-hybridized carbons (Fsp3) is 0.600. The van der Waals surface area contributed by atoms with Crippen LogP contribution in [0.15, 0.2) is 24.3 Å². The van der Waals surface area contributed by atoms with Crippen molar-refractivity contribution in [3.05, 3.63) is 29.8 Å². The molecule has 2 rings (SSSR count). The van der Waals surface area contributed by atoms with E-state index in [1.165, 1.54) is 0 Å². The molecule has 0 radical (unpaired) electrons. The molecule has 0 aliphatic carbocycles. The van der Waals surface area contributed by atoms with Gasteiger partial charge in [-0.3, -0.25) is 0 Å². The summed E-state index contributed by atoms with van der Waals surface area (Å²) in [7, 11) is 0. The SMILES string of the molecule is CCCC[C@@H]1CN(c2cccc(C(=O)O)c2)CCN1C(=O)OC(C)(C)C. The molecule has 0 spiro atoms. The van der Waals surface area contributed by atoms with Crippen molar-refractivity contribution < 1.29 is 19.4 Å². The molecule has 0 saturated carbocycles. The van der Waals surface area contributed by atoms with Crippen LogP contribution in [-0.2, 0) is 4.74 Å². The molecule has 6 heteroatoms. The van der Waals surface area contributed by atoms with Crippen LogP contribution in [0.1, 0.15) is 57.3 Å². The molecule has 1 aliphatic rings. The van der Waals surface area contributed by atoms with E-state index in [-0.39, 0.29) is 17.7 Å². The zero-order valence-electron chi connectivity index (χ0n) is 16.2. The summed E-state index contributed by atoms with van der Waals surface area (Å²) in [6.07, 6.45) is 2.74. The van der Waals surface area contributed by atoms with E-state index in [0.29, 0.717) is 19.6 Å². The molecule has 1 amide bonds. The Morgan fingerprint density at radius 3 is 2.62 bits per heavy atom. The Kier molecular flexibility index (Phi) is 6.51. The maximum absolute atomic E-state index is 12.6. The highest BCUT2D eigenvalue weighted by Crippen LogP contribution is 2.24. The number of carboxylic acid groups (broad SMARTS) is 1. The second-order valence-corrected chi connectivity index (χ2v) is 7.77. The van der Waals surface area contributed by atoms with E-state index in [1.807, 2.05) is 31.7 Å². The summed E-state index contributed by atoms with van der Waals surface area (Å²) in [6, 6.07) is 7.04. The monoisotopic (exact) mass is 362 g/mol. The smallest absolute Gasteiger partial charge is 0.410 e. The topological polar surface area (TPSA) is 70.1 Å². The van der Waals surface area contributed by atoms with Gasteiger partial charge in [-0.05, 0) is 45.4 Å². The molecule has 1 aliphatic heterocycles. The van der Waals surface area contributed by atoms with Gasteiger partial charge in [0.25, 0.3) is 0 Å². The van der Waals surface area contributed by atoms with Gasteiger partial charge in [0.15, 0.2) is 0 Å². The zero-order chi connectivity index (χ0) is 19.3. The van der Waals surface area contributed by atoms with E-state index in [2.05, 4.69) is 11.8 Å². The fourth-order valence-corrected chi connectivity index (χ4v) is 3.17. The first kappa shape index (κ1) is 20.1. The van der Waals surface area contributed by atoms with Crippen LogP contribution in [0.25, 0.3) is 0 Å².